The predicted octanol–water partition coefficient (Wildman–Crippen LogP) is 4.27. The van der Waals surface area contributed by atoms with Crippen molar-refractivity contribution in [3.05, 3.63) is 56.2 Å². The number of amides is 1. The summed E-state index contributed by atoms with van der Waals surface area (Å²) in [5.74, 6) is 0.0395. The first kappa shape index (κ1) is 14.9. The van der Waals surface area contributed by atoms with Gasteiger partial charge in [-0.15, -0.1) is 0 Å². The van der Waals surface area contributed by atoms with Gasteiger partial charge in [0.15, 0.2) is 0 Å². The number of benzene rings is 1. The summed E-state index contributed by atoms with van der Waals surface area (Å²) in [6.07, 6.45) is -0.197. The average molecular weight is 342 g/mol. The molecular formula is C15H13Cl2NO2S. The summed E-state index contributed by atoms with van der Waals surface area (Å²) in [6, 6.07) is 7.19. The summed E-state index contributed by atoms with van der Waals surface area (Å²) in [4.78, 5) is 14.2. The number of nitrogens with zero attached hydrogens (tertiary/aromatic N) is 1. The Morgan fingerprint density at radius 1 is 1.29 bits per heavy atom. The van der Waals surface area contributed by atoms with E-state index >= 15 is 0 Å². The number of rotatable bonds is 2. The van der Waals surface area contributed by atoms with Gasteiger partial charge in [0.2, 0.25) is 0 Å². The molecule has 1 aliphatic heterocycles. The van der Waals surface area contributed by atoms with Crippen LogP contribution in [-0.4, -0.2) is 30.5 Å². The highest BCUT2D eigenvalue weighted by Gasteiger charge is 2.26. The number of thiophene rings is 1. The topological polar surface area (TPSA) is 29.5 Å². The van der Waals surface area contributed by atoms with Crippen molar-refractivity contribution in [2.24, 2.45) is 0 Å². The normalized spacial score (nSPS) is 18.8. The largest absolute Gasteiger partial charge is 0.370 e. The Bertz CT molecular complexity index is 625. The Morgan fingerprint density at radius 2 is 2.05 bits per heavy atom. The van der Waals surface area contributed by atoms with Gasteiger partial charge in [-0.1, -0.05) is 23.2 Å². The number of hydrogen-bond donors (Lipinski definition) is 0. The second-order valence-electron chi connectivity index (χ2n) is 4.83. The monoisotopic (exact) mass is 341 g/mol. The van der Waals surface area contributed by atoms with E-state index in [2.05, 4.69) is 0 Å². The average Bonchev–Trinajstić information content (AvgIpc) is 3.00. The predicted molar refractivity (Wildman–Crippen MR) is 85.4 cm³/mol. The molecule has 0 bridgehead atoms. The smallest absolute Gasteiger partial charge is 0.254 e. The van der Waals surface area contributed by atoms with Crippen molar-refractivity contribution in [2.45, 2.75) is 6.10 Å². The highest BCUT2D eigenvalue weighted by atomic mass is 35.5. The molecule has 2 heterocycles. The molecule has 0 aliphatic carbocycles. The van der Waals surface area contributed by atoms with Crippen LogP contribution in [0.5, 0.6) is 0 Å². The molecule has 1 saturated heterocycles. The standard InChI is InChI=1S/C15H13Cl2NO2S/c16-12-5-11(6-13(17)7-12)14-8-18(2-3-20-14)15(19)10-1-4-21-9-10/h1,4-7,9,14H,2-3,8H2. The van der Waals surface area contributed by atoms with Crippen molar-refractivity contribution in [3.63, 3.8) is 0 Å². The van der Waals surface area contributed by atoms with Gasteiger partial charge in [-0.05, 0) is 35.2 Å². The zero-order valence-corrected chi connectivity index (χ0v) is 13.4. The Balaban J connectivity index is 1.78. The number of carbonyl (C=O) groups excluding carboxylic acids is 1. The molecule has 1 fully saturated rings. The SMILES string of the molecule is O=C(c1ccsc1)N1CCOC(c2cc(Cl)cc(Cl)c2)C1. The van der Waals surface area contributed by atoms with Gasteiger partial charge in [-0.25, -0.2) is 0 Å². The van der Waals surface area contributed by atoms with Crippen LogP contribution >= 0.6 is 34.5 Å². The summed E-state index contributed by atoms with van der Waals surface area (Å²) in [5.41, 5.74) is 1.63. The van der Waals surface area contributed by atoms with E-state index in [1.54, 1.807) is 6.07 Å². The fourth-order valence-corrected chi connectivity index (χ4v) is 3.54. The van der Waals surface area contributed by atoms with E-state index < -0.39 is 0 Å². The van der Waals surface area contributed by atoms with Gasteiger partial charge < -0.3 is 9.64 Å². The first-order valence-electron chi connectivity index (χ1n) is 6.52. The van der Waals surface area contributed by atoms with E-state index in [0.717, 1.165) is 11.1 Å². The highest BCUT2D eigenvalue weighted by molar-refractivity contribution is 7.08. The molecule has 3 nitrogen and oxygen atoms in total. The van der Waals surface area contributed by atoms with Crippen LogP contribution in [0, 0.1) is 0 Å². The van der Waals surface area contributed by atoms with E-state index in [1.807, 2.05) is 33.9 Å². The van der Waals surface area contributed by atoms with Gasteiger partial charge in [0, 0.05) is 22.0 Å². The maximum absolute atomic E-state index is 12.4. The summed E-state index contributed by atoms with van der Waals surface area (Å²) < 4.78 is 5.76. The second kappa shape index (κ2) is 6.36. The number of carbonyl (C=O) groups is 1. The lowest BCUT2D eigenvalue weighted by molar-refractivity contribution is -0.0228. The molecule has 1 aliphatic rings. The minimum absolute atomic E-state index is 0.0395. The maximum atomic E-state index is 12.4. The number of halogens is 2. The van der Waals surface area contributed by atoms with Gasteiger partial charge in [0.1, 0.15) is 6.10 Å². The Labute approximate surface area is 137 Å². The Kier molecular flexibility index (Phi) is 4.50. The van der Waals surface area contributed by atoms with Crippen molar-refractivity contribution in [2.75, 3.05) is 19.7 Å². The maximum Gasteiger partial charge on any atom is 0.254 e. The van der Waals surface area contributed by atoms with E-state index in [1.165, 1.54) is 11.3 Å². The van der Waals surface area contributed by atoms with Crippen molar-refractivity contribution >= 4 is 40.4 Å². The molecule has 110 valence electrons. The molecule has 3 rings (SSSR count). The number of morpholine rings is 1. The van der Waals surface area contributed by atoms with Gasteiger partial charge in [-0.3, -0.25) is 4.79 Å². The molecule has 1 amide bonds. The van der Waals surface area contributed by atoms with Gasteiger partial charge in [0.25, 0.3) is 5.91 Å². The lowest BCUT2D eigenvalue weighted by atomic mass is 10.1. The second-order valence-corrected chi connectivity index (χ2v) is 6.48. The van der Waals surface area contributed by atoms with E-state index in [9.17, 15) is 4.79 Å². The van der Waals surface area contributed by atoms with Gasteiger partial charge >= 0.3 is 0 Å². The molecule has 0 radical (unpaired) electrons. The van der Waals surface area contributed by atoms with E-state index in [-0.39, 0.29) is 12.0 Å². The van der Waals surface area contributed by atoms with Crippen LogP contribution < -0.4 is 0 Å². The zero-order valence-electron chi connectivity index (χ0n) is 11.1. The minimum Gasteiger partial charge on any atom is -0.370 e. The van der Waals surface area contributed by atoms with Crippen LogP contribution in [0.2, 0.25) is 10.0 Å². The van der Waals surface area contributed by atoms with Gasteiger partial charge in [0.05, 0.1) is 18.7 Å². The summed E-state index contributed by atoms with van der Waals surface area (Å²) in [6.45, 7) is 1.61. The molecule has 0 saturated carbocycles. The highest BCUT2D eigenvalue weighted by Crippen LogP contribution is 2.28. The summed E-state index contributed by atoms with van der Waals surface area (Å²) in [7, 11) is 0. The third-order valence-electron chi connectivity index (χ3n) is 3.38. The summed E-state index contributed by atoms with van der Waals surface area (Å²) in [5, 5.41) is 4.91. The van der Waals surface area contributed by atoms with Crippen molar-refractivity contribution < 1.29 is 9.53 Å². The van der Waals surface area contributed by atoms with Crippen LogP contribution in [0.25, 0.3) is 0 Å². The molecule has 2 aromatic rings. The third-order valence-corrected chi connectivity index (χ3v) is 4.50. The first-order valence-corrected chi connectivity index (χ1v) is 8.22. The van der Waals surface area contributed by atoms with Crippen molar-refractivity contribution in [1.29, 1.82) is 0 Å². The Hall–Kier alpha value is -1.07. The first-order chi connectivity index (χ1) is 10.1. The molecule has 1 aromatic heterocycles. The van der Waals surface area contributed by atoms with E-state index in [4.69, 9.17) is 27.9 Å². The zero-order chi connectivity index (χ0) is 14.8. The molecule has 0 spiro atoms. The number of ether oxygens (including phenoxy) is 1. The summed E-state index contributed by atoms with van der Waals surface area (Å²) >= 11 is 13.6. The fourth-order valence-electron chi connectivity index (χ4n) is 2.37. The van der Waals surface area contributed by atoms with Crippen molar-refractivity contribution in [3.8, 4) is 0 Å². The quantitative estimate of drug-likeness (QED) is 0.816. The lowest BCUT2D eigenvalue weighted by Gasteiger charge is -2.33. The van der Waals surface area contributed by atoms with Crippen LogP contribution in [-0.2, 0) is 4.74 Å². The number of hydrogen-bond acceptors (Lipinski definition) is 3. The van der Waals surface area contributed by atoms with Crippen LogP contribution in [0.15, 0.2) is 35.0 Å². The molecule has 21 heavy (non-hydrogen) atoms. The van der Waals surface area contributed by atoms with Crippen molar-refractivity contribution in [1.82, 2.24) is 4.90 Å². The third kappa shape index (κ3) is 3.40. The lowest BCUT2D eigenvalue weighted by Crippen LogP contribution is -2.42. The fraction of sp³-hybridized carbons (Fsp3) is 0.267. The molecule has 1 unspecified atom stereocenters. The molecule has 0 N–H and O–H groups in total. The van der Waals surface area contributed by atoms with Crippen LogP contribution in [0.4, 0.5) is 0 Å². The minimum atomic E-state index is -0.197. The Morgan fingerprint density at radius 3 is 2.71 bits per heavy atom. The molecule has 1 aromatic carbocycles. The van der Waals surface area contributed by atoms with Gasteiger partial charge in [-0.2, -0.15) is 11.3 Å². The molecular weight excluding hydrogens is 329 g/mol. The molecule has 6 heteroatoms. The van der Waals surface area contributed by atoms with Crippen LogP contribution in [0.1, 0.15) is 22.0 Å². The molecule has 1 atom stereocenters. The van der Waals surface area contributed by atoms with E-state index in [0.29, 0.717) is 29.7 Å². The van der Waals surface area contributed by atoms with Crippen LogP contribution in [0.3, 0.4) is 0 Å².